The molecule has 2 aliphatic rings. The van der Waals surface area contributed by atoms with Gasteiger partial charge in [0.1, 0.15) is 18.1 Å². The van der Waals surface area contributed by atoms with E-state index in [1.165, 1.54) is 11.1 Å². The van der Waals surface area contributed by atoms with Crippen LogP contribution in [0.4, 0.5) is 26.4 Å². The number of pyridine rings is 2. The average Bonchev–Trinajstić information content (AvgIpc) is 3.22. The van der Waals surface area contributed by atoms with Crippen LogP contribution in [-0.4, -0.2) is 53.1 Å². The molecule has 4 N–H and O–H groups in total. The molecule has 10 heteroatoms. The Morgan fingerprint density at radius 1 is 1.27 bits per heavy atom. The highest BCUT2D eigenvalue weighted by Gasteiger charge is 2.35. The molecule has 2 aromatic heterocycles. The van der Waals surface area contributed by atoms with Crippen molar-refractivity contribution in [2.75, 3.05) is 35.7 Å². The van der Waals surface area contributed by atoms with E-state index in [2.05, 4.69) is 15.3 Å². The molecule has 0 radical (unpaired) electrons. The maximum absolute atomic E-state index is 15.4. The number of benzene rings is 1. The minimum atomic E-state index is -1.12. The number of hydrogen-bond acceptors (Lipinski definition) is 7. The molecular formula is C23H24FN5O4. The topological polar surface area (TPSA) is 123 Å². The van der Waals surface area contributed by atoms with E-state index in [1.54, 1.807) is 18.3 Å². The Morgan fingerprint density at radius 3 is 2.82 bits per heavy atom. The molecule has 4 heterocycles. The number of aromatic nitrogens is 2. The number of nitrogens with one attached hydrogen (secondary N) is 1. The van der Waals surface area contributed by atoms with Gasteiger partial charge in [0.05, 0.1) is 17.8 Å². The summed E-state index contributed by atoms with van der Waals surface area (Å²) in [6.07, 6.45) is 2.16. The molecule has 0 bridgehead atoms. The summed E-state index contributed by atoms with van der Waals surface area (Å²) in [7, 11) is 0. The second-order valence-corrected chi connectivity index (χ2v) is 8.25. The Morgan fingerprint density at radius 2 is 2.09 bits per heavy atom. The third kappa shape index (κ3) is 3.46. The van der Waals surface area contributed by atoms with Gasteiger partial charge in [-0.15, -0.1) is 0 Å². The number of carboxylic acid groups (broad SMARTS) is 1. The first-order valence-corrected chi connectivity index (χ1v) is 10.7. The number of amides is 1. The van der Waals surface area contributed by atoms with Gasteiger partial charge in [0, 0.05) is 42.1 Å². The van der Waals surface area contributed by atoms with E-state index in [0.29, 0.717) is 48.4 Å². The van der Waals surface area contributed by atoms with E-state index in [0.717, 1.165) is 11.3 Å². The molecular weight excluding hydrogens is 429 g/mol. The molecule has 3 aromatic rings. The summed E-state index contributed by atoms with van der Waals surface area (Å²) in [6.45, 7) is 5.32. The number of nitrogen functional groups attached to an aromatic ring is 1. The third-order valence-electron chi connectivity index (χ3n) is 6.34. The lowest BCUT2D eigenvalue weighted by Crippen LogP contribution is -2.43. The highest BCUT2D eigenvalue weighted by molar-refractivity contribution is 5.99. The molecule has 9 nitrogen and oxygen atoms in total. The van der Waals surface area contributed by atoms with Crippen molar-refractivity contribution in [3.05, 3.63) is 35.9 Å². The Bertz CT molecular complexity index is 1270. The molecule has 1 saturated heterocycles. The number of nitrogens with two attached hydrogens (primary N) is 1. The maximum atomic E-state index is 15.4. The zero-order valence-corrected chi connectivity index (χ0v) is 18.3. The van der Waals surface area contributed by atoms with Crippen molar-refractivity contribution in [3.63, 3.8) is 0 Å². The summed E-state index contributed by atoms with van der Waals surface area (Å²) >= 11 is 0. The molecule has 0 saturated carbocycles. The van der Waals surface area contributed by atoms with Crippen molar-refractivity contribution >= 4 is 34.1 Å². The number of carbonyl (C=O) groups is 1. The van der Waals surface area contributed by atoms with Crippen LogP contribution in [0.15, 0.2) is 24.5 Å². The molecule has 0 spiro atoms. The first-order valence-electron chi connectivity index (χ1n) is 10.7. The highest BCUT2D eigenvalue weighted by Crippen LogP contribution is 2.40. The lowest BCUT2D eigenvalue weighted by atomic mass is 9.97. The van der Waals surface area contributed by atoms with Gasteiger partial charge < -0.3 is 25.6 Å². The molecule has 1 amide bonds. The fourth-order valence-corrected chi connectivity index (χ4v) is 4.58. The van der Waals surface area contributed by atoms with Crippen LogP contribution in [0.3, 0.4) is 0 Å². The number of fused-ring (bicyclic) bond motifs is 2. The van der Waals surface area contributed by atoms with Crippen LogP contribution in [0.25, 0.3) is 21.9 Å². The van der Waals surface area contributed by atoms with Crippen LogP contribution in [0.2, 0.25) is 0 Å². The summed E-state index contributed by atoms with van der Waals surface area (Å²) < 4.78 is 26.5. The van der Waals surface area contributed by atoms with Crippen LogP contribution in [-0.2, 0) is 4.74 Å². The van der Waals surface area contributed by atoms with Crippen molar-refractivity contribution in [1.82, 2.24) is 9.97 Å². The van der Waals surface area contributed by atoms with Crippen LogP contribution >= 0.6 is 0 Å². The molecule has 33 heavy (non-hydrogen) atoms. The van der Waals surface area contributed by atoms with Crippen LogP contribution < -0.4 is 20.7 Å². The largest absolute Gasteiger partial charge is 0.474 e. The van der Waals surface area contributed by atoms with E-state index in [9.17, 15) is 9.90 Å². The Kier molecular flexibility index (Phi) is 5.16. The summed E-state index contributed by atoms with van der Waals surface area (Å²) in [5.74, 6) is 0.143. The Hall–Kier alpha value is -3.66. The SMILES string of the molecule is Cc1c(-c2cc3cc(N(C(=O)O)[C@@H]4CCOC4C)ncc3c(N)c2F)cnc2c1NCCO2. The third-order valence-corrected chi connectivity index (χ3v) is 6.34. The smallest absolute Gasteiger partial charge is 0.413 e. The van der Waals surface area contributed by atoms with Crippen LogP contribution in [0.5, 0.6) is 5.88 Å². The summed E-state index contributed by atoms with van der Waals surface area (Å²) in [5.41, 5.74) is 8.45. The highest BCUT2D eigenvalue weighted by atomic mass is 19.1. The average molecular weight is 453 g/mol. The quantitative estimate of drug-likeness (QED) is 0.512. The second-order valence-electron chi connectivity index (χ2n) is 8.25. The fraction of sp³-hybridized carbons (Fsp3) is 0.348. The van der Waals surface area contributed by atoms with Gasteiger partial charge in [0.25, 0.3) is 0 Å². The molecule has 5 rings (SSSR count). The summed E-state index contributed by atoms with van der Waals surface area (Å²) in [4.78, 5) is 21.9. The molecule has 2 aliphatic heterocycles. The van der Waals surface area contributed by atoms with Gasteiger partial charge in [-0.2, -0.15) is 0 Å². The minimum absolute atomic E-state index is 0.0534. The number of anilines is 3. The molecule has 0 aliphatic carbocycles. The van der Waals surface area contributed by atoms with E-state index in [-0.39, 0.29) is 29.2 Å². The summed E-state index contributed by atoms with van der Waals surface area (Å²) in [5, 5.41) is 14.1. The van der Waals surface area contributed by atoms with Gasteiger partial charge in [-0.3, -0.25) is 4.90 Å². The van der Waals surface area contributed by atoms with Gasteiger partial charge >= 0.3 is 6.09 Å². The Balaban J connectivity index is 1.65. The maximum Gasteiger partial charge on any atom is 0.413 e. The first-order chi connectivity index (χ1) is 15.9. The molecule has 172 valence electrons. The van der Waals surface area contributed by atoms with Crippen LogP contribution in [0, 0.1) is 12.7 Å². The van der Waals surface area contributed by atoms with E-state index < -0.39 is 11.9 Å². The summed E-state index contributed by atoms with van der Waals surface area (Å²) in [6, 6.07) is 2.92. The molecule has 2 atom stereocenters. The number of rotatable bonds is 3. The van der Waals surface area contributed by atoms with E-state index in [4.69, 9.17) is 15.2 Å². The number of hydrogen-bond donors (Lipinski definition) is 3. The zero-order valence-electron chi connectivity index (χ0n) is 18.3. The number of halogens is 1. The molecule has 1 fully saturated rings. The predicted octanol–water partition coefficient (Wildman–Crippen LogP) is 3.79. The first kappa shape index (κ1) is 21.2. The zero-order chi connectivity index (χ0) is 23.3. The number of ether oxygens (including phenoxy) is 2. The lowest BCUT2D eigenvalue weighted by Gasteiger charge is -2.27. The fourth-order valence-electron chi connectivity index (χ4n) is 4.58. The van der Waals surface area contributed by atoms with Gasteiger partial charge in [-0.25, -0.2) is 19.2 Å². The monoisotopic (exact) mass is 453 g/mol. The van der Waals surface area contributed by atoms with Crippen molar-refractivity contribution in [1.29, 1.82) is 0 Å². The minimum Gasteiger partial charge on any atom is -0.474 e. The van der Waals surface area contributed by atoms with E-state index in [1.807, 2.05) is 13.8 Å². The lowest BCUT2D eigenvalue weighted by molar-refractivity contribution is 0.116. The Labute approximate surface area is 189 Å². The van der Waals surface area contributed by atoms with Gasteiger partial charge in [-0.05, 0) is 43.4 Å². The number of nitrogens with zero attached hydrogens (tertiary/aromatic N) is 3. The normalized spacial score (nSPS) is 19.6. The standard InChI is InChI=1S/C23H24FN5O4/c1-11-15(9-28-22-21(11)26-4-6-33-22)14-7-13-8-18(27-10-16(13)20(25)19(14)24)29(23(30)31)17-3-5-32-12(17)2/h7-10,12,17,26H,3-6,25H2,1-2H3,(H,30,31)/t12?,17-/m1/s1. The van der Waals surface area contributed by atoms with Gasteiger partial charge in [0.15, 0.2) is 5.82 Å². The van der Waals surface area contributed by atoms with Crippen LogP contribution in [0.1, 0.15) is 18.9 Å². The molecule has 1 aromatic carbocycles. The van der Waals surface area contributed by atoms with Gasteiger partial charge in [-0.1, -0.05) is 0 Å². The second kappa shape index (κ2) is 8.04. The molecule has 1 unspecified atom stereocenters. The van der Waals surface area contributed by atoms with Crippen molar-refractivity contribution in [2.45, 2.75) is 32.4 Å². The van der Waals surface area contributed by atoms with Crippen molar-refractivity contribution in [2.24, 2.45) is 0 Å². The predicted molar refractivity (Wildman–Crippen MR) is 122 cm³/mol. The van der Waals surface area contributed by atoms with Gasteiger partial charge in [0.2, 0.25) is 5.88 Å². The van der Waals surface area contributed by atoms with E-state index >= 15 is 4.39 Å². The van der Waals surface area contributed by atoms with Crippen molar-refractivity contribution < 1.29 is 23.8 Å². The van der Waals surface area contributed by atoms with Crippen molar-refractivity contribution in [3.8, 4) is 17.0 Å².